The van der Waals surface area contributed by atoms with Crippen LogP contribution in [0.15, 0.2) is 47.9 Å². The molecule has 0 aliphatic rings. The van der Waals surface area contributed by atoms with Crippen LogP contribution in [0, 0.1) is 6.92 Å². The lowest BCUT2D eigenvalue weighted by atomic mass is 10.2. The summed E-state index contributed by atoms with van der Waals surface area (Å²) in [6, 6.07) is 9.41. The number of carbonyl (C=O) groups is 1. The smallest absolute Gasteiger partial charge is 0.237 e. The van der Waals surface area contributed by atoms with Gasteiger partial charge < -0.3 is 14.6 Å². The van der Waals surface area contributed by atoms with Crippen LogP contribution in [-0.2, 0) is 11.8 Å². The molecule has 0 aliphatic heterocycles. The molecule has 0 saturated carbocycles. The molecule has 3 rings (SSSR count). The van der Waals surface area contributed by atoms with Gasteiger partial charge in [0.2, 0.25) is 5.91 Å². The summed E-state index contributed by atoms with van der Waals surface area (Å²) in [4.78, 5) is 16.6. The molecular formula is C19H21N5O2S. The molecule has 0 unspecified atom stereocenters. The summed E-state index contributed by atoms with van der Waals surface area (Å²) in [7, 11) is 3.46. The number of hydrogen-bond donors (Lipinski definition) is 1. The van der Waals surface area contributed by atoms with Crippen LogP contribution < -0.4 is 10.1 Å². The van der Waals surface area contributed by atoms with E-state index < -0.39 is 0 Å². The third-order valence-electron chi connectivity index (χ3n) is 4.04. The van der Waals surface area contributed by atoms with Crippen molar-refractivity contribution in [3.05, 3.63) is 48.3 Å². The van der Waals surface area contributed by atoms with E-state index in [9.17, 15) is 4.79 Å². The summed E-state index contributed by atoms with van der Waals surface area (Å²) >= 11 is 1.35. The molecule has 8 heteroatoms. The maximum atomic E-state index is 12.6. The van der Waals surface area contributed by atoms with Crippen molar-refractivity contribution in [1.82, 2.24) is 19.7 Å². The van der Waals surface area contributed by atoms with Crippen molar-refractivity contribution in [1.29, 1.82) is 0 Å². The average Bonchev–Trinajstić information content (AvgIpc) is 3.03. The van der Waals surface area contributed by atoms with E-state index in [4.69, 9.17) is 4.74 Å². The first kappa shape index (κ1) is 18.9. The van der Waals surface area contributed by atoms with E-state index in [0.717, 1.165) is 17.0 Å². The van der Waals surface area contributed by atoms with Crippen LogP contribution in [0.4, 0.5) is 5.69 Å². The van der Waals surface area contributed by atoms with E-state index in [2.05, 4.69) is 20.5 Å². The molecule has 0 spiro atoms. The summed E-state index contributed by atoms with van der Waals surface area (Å²) in [6.07, 6.45) is 3.42. The number of aryl methyl sites for hydroxylation is 1. The Morgan fingerprint density at radius 2 is 1.96 bits per heavy atom. The highest BCUT2D eigenvalue weighted by Crippen LogP contribution is 2.29. The zero-order valence-corrected chi connectivity index (χ0v) is 16.4. The molecule has 0 bridgehead atoms. The van der Waals surface area contributed by atoms with Gasteiger partial charge in [-0.15, -0.1) is 10.2 Å². The molecule has 1 atom stereocenters. The SMILES string of the molecule is COc1ccc(C)cc1NC(=O)[C@@H](C)Sc1nnc(-c2ccncc2)n1C. The number of methoxy groups -OCH3 is 1. The molecule has 2 aromatic heterocycles. The highest BCUT2D eigenvalue weighted by atomic mass is 32.2. The zero-order valence-electron chi connectivity index (χ0n) is 15.6. The fourth-order valence-electron chi connectivity index (χ4n) is 2.54. The first-order valence-corrected chi connectivity index (χ1v) is 9.29. The van der Waals surface area contributed by atoms with Crippen LogP contribution in [0.5, 0.6) is 5.75 Å². The molecule has 140 valence electrons. The number of ether oxygens (including phenoxy) is 1. The standard InChI is InChI=1S/C19H21N5O2S/c1-12-5-6-16(26-4)15(11-12)21-18(25)13(2)27-19-23-22-17(24(19)3)14-7-9-20-10-8-14/h5-11,13H,1-4H3,(H,21,25)/t13-/m1/s1. The summed E-state index contributed by atoms with van der Waals surface area (Å²) in [5, 5.41) is 11.7. The summed E-state index contributed by atoms with van der Waals surface area (Å²) < 4.78 is 7.19. The number of pyridine rings is 1. The van der Waals surface area contributed by atoms with Gasteiger partial charge in [-0.3, -0.25) is 9.78 Å². The molecule has 1 N–H and O–H groups in total. The van der Waals surface area contributed by atoms with Crippen LogP contribution in [0.2, 0.25) is 0 Å². The van der Waals surface area contributed by atoms with Gasteiger partial charge in [0.1, 0.15) is 5.75 Å². The maximum Gasteiger partial charge on any atom is 0.237 e. The van der Waals surface area contributed by atoms with Crippen LogP contribution in [-0.4, -0.2) is 38.0 Å². The van der Waals surface area contributed by atoms with Crippen LogP contribution in [0.1, 0.15) is 12.5 Å². The van der Waals surface area contributed by atoms with E-state index in [1.807, 2.05) is 55.8 Å². The number of benzene rings is 1. The van der Waals surface area contributed by atoms with Gasteiger partial charge in [0.15, 0.2) is 11.0 Å². The Kier molecular flexibility index (Phi) is 5.75. The maximum absolute atomic E-state index is 12.6. The largest absolute Gasteiger partial charge is 0.495 e. The number of rotatable bonds is 6. The lowest BCUT2D eigenvalue weighted by molar-refractivity contribution is -0.115. The van der Waals surface area contributed by atoms with Crippen LogP contribution in [0.25, 0.3) is 11.4 Å². The van der Waals surface area contributed by atoms with Crippen molar-refractivity contribution in [2.24, 2.45) is 7.05 Å². The van der Waals surface area contributed by atoms with Gasteiger partial charge in [0.25, 0.3) is 0 Å². The molecule has 0 aliphatic carbocycles. The van der Waals surface area contributed by atoms with E-state index >= 15 is 0 Å². The average molecular weight is 383 g/mol. The van der Waals surface area contributed by atoms with E-state index in [-0.39, 0.29) is 11.2 Å². The third-order valence-corrected chi connectivity index (χ3v) is 5.17. The van der Waals surface area contributed by atoms with Crippen molar-refractivity contribution in [2.75, 3.05) is 12.4 Å². The molecule has 1 amide bonds. The van der Waals surface area contributed by atoms with Crippen molar-refractivity contribution in [3.8, 4) is 17.1 Å². The number of anilines is 1. The van der Waals surface area contributed by atoms with Gasteiger partial charge in [0.05, 0.1) is 18.0 Å². The van der Waals surface area contributed by atoms with Crippen molar-refractivity contribution in [3.63, 3.8) is 0 Å². The minimum atomic E-state index is -0.358. The predicted octanol–water partition coefficient (Wildman–Crippen LogP) is 3.31. The molecule has 0 fully saturated rings. The fourth-order valence-corrected chi connectivity index (χ4v) is 3.35. The van der Waals surface area contributed by atoms with Gasteiger partial charge in [-0.2, -0.15) is 0 Å². The van der Waals surface area contributed by atoms with Gasteiger partial charge in [-0.1, -0.05) is 17.8 Å². The Balaban J connectivity index is 1.72. The van der Waals surface area contributed by atoms with Gasteiger partial charge in [-0.05, 0) is 43.7 Å². The number of amides is 1. The van der Waals surface area contributed by atoms with Crippen molar-refractivity contribution < 1.29 is 9.53 Å². The second-order valence-corrected chi connectivity index (χ2v) is 7.36. The summed E-state index contributed by atoms with van der Waals surface area (Å²) in [5.41, 5.74) is 2.63. The minimum Gasteiger partial charge on any atom is -0.495 e. The molecule has 1 aromatic carbocycles. The topological polar surface area (TPSA) is 81.9 Å². The lowest BCUT2D eigenvalue weighted by Gasteiger charge is -2.14. The van der Waals surface area contributed by atoms with Gasteiger partial charge >= 0.3 is 0 Å². The molecule has 2 heterocycles. The molecule has 0 saturated heterocycles. The highest BCUT2D eigenvalue weighted by Gasteiger charge is 2.20. The monoisotopic (exact) mass is 383 g/mol. The molecular weight excluding hydrogens is 362 g/mol. The van der Waals surface area contributed by atoms with Gasteiger partial charge in [0, 0.05) is 25.0 Å². The Hall–Kier alpha value is -2.87. The van der Waals surface area contributed by atoms with E-state index in [1.165, 1.54) is 11.8 Å². The predicted molar refractivity (Wildman–Crippen MR) is 106 cm³/mol. The van der Waals surface area contributed by atoms with Crippen molar-refractivity contribution in [2.45, 2.75) is 24.3 Å². The van der Waals surface area contributed by atoms with E-state index in [1.54, 1.807) is 19.5 Å². The third kappa shape index (κ3) is 4.28. The number of thioether (sulfide) groups is 1. The molecule has 0 radical (unpaired) electrons. The molecule has 27 heavy (non-hydrogen) atoms. The van der Waals surface area contributed by atoms with Crippen LogP contribution >= 0.6 is 11.8 Å². The van der Waals surface area contributed by atoms with E-state index in [0.29, 0.717) is 16.6 Å². The lowest BCUT2D eigenvalue weighted by Crippen LogP contribution is -2.23. The number of carbonyl (C=O) groups excluding carboxylic acids is 1. The fraction of sp³-hybridized carbons (Fsp3) is 0.263. The normalized spacial score (nSPS) is 11.9. The Morgan fingerprint density at radius 3 is 2.67 bits per heavy atom. The van der Waals surface area contributed by atoms with Crippen LogP contribution in [0.3, 0.4) is 0 Å². The number of aromatic nitrogens is 4. The molecule has 7 nitrogen and oxygen atoms in total. The first-order valence-electron chi connectivity index (χ1n) is 8.41. The van der Waals surface area contributed by atoms with Crippen molar-refractivity contribution >= 4 is 23.4 Å². The zero-order chi connectivity index (χ0) is 19.4. The first-order chi connectivity index (χ1) is 13.0. The van der Waals surface area contributed by atoms with Gasteiger partial charge in [-0.25, -0.2) is 0 Å². The quantitative estimate of drug-likeness (QED) is 0.658. The number of nitrogens with one attached hydrogen (secondary N) is 1. The Bertz CT molecular complexity index is 943. The number of nitrogens with zero attached hydrogens (tertiary/aromatic N) is 4. The summed E-state index contributed by atoms with van der Waals surface area (Å²) in [6.45, 7) is 3.80. The second kappa shape index (κ2) is 8.22. The molecule has 3 aromatic rings. The second-order valence-electron chi connectivity index (χ2n) is 6.05. The highest BCUT2D eigenvalue weighted by molar-refractivity contribution is 8.00. The Labute approximate surface area is 162 Å². The summed E-state index contributed by atoms with van der Waals surface area (Å²) in [5.74, 6) is 1.23. The number of hydrogen-bond acceptors (Lipinski definition) is 6. The Morgan fingerprint density at radius 1 is 1.22 bits per heavy atom. The minimum absolute atomic E-state index is 0.127.